The minimum atomic E-state index is -0.759. The van der Waals surface area contributed by atoms with Gasteiger partial charge < -0.3 is 24.8 Å². The van der Waals surface area contributed by atoms with Gasteiger partial charge in [-0.05, 0) is 65.9 Å². The van der Waals surface area contributed by atoms with Crippen molar-refractivity contribution in [2.24, 2.45) is 5.73 Å². The van der Waals surface area contributed by atoms with Gasteiger partial charge >= 0.3 is 11.8 Å². The Balaban J connectivity index is 0.802. The summed E-state index contributed by atoms with van der Waals surface area (Å²) in [6.07, 6.45) is 2.39. The van der Waals surface area contributed by atoms with Crippen LogP contribution in [-0.2, 0) is 16.1 Å². The smallest absolute Gasteiger partial charge is 0.315 e. The molecule has 3 aliphatic heterocycles. The minimum absolute atomic E-state index is 0.210. The van der Waals surface area contributed by atoms with Gasteiger partial charge in [-0.25, -0.2) is 4.98 Å². The van der Waals surface area contributed by atoms with Crippen LogP contribution in [0.2, 0.25) is 0 Å². The van der Waals surface area contributed by atoms with Gasteiger partial charge in [0.15, 0.2) is 11.5 Å². The van der Waals surface area contributed by atoms with Gasteiger partial charge in [-0.1, -0.05) is 48.5 Å². The van der Waals surface area contributed by atoms with E-state index in [0.29, 0.717) is 42.4 Å². The van der Waals surface area contributed by atoms with E-state index >= 15 is 0 Å². The lowest BCUT2D eigenvalue weighted by Gasteiger charge is -2.36. The Labute approximate surface area is 338 Å². The summed E-state index contributed by atoms with van der Waals surface area (Å²) in [6.45, 7) is 8.92. The Morgan fingerprint density at radius 2 is 1.80 bits per heavy atom. The number of H-pyrrole nitrogens is 1. The van der Waals surface area contributed by atoms with E-state index in [1.54, 1.807) is 11.0 Å². The number of hydrogen-bond donors (Lipinski definition) is 3. The van der Waals surface area contributed by atoms with E-state index in [1.165, 1.54) is 0 Å². The molecule has 0 saturated carbocycles. The molecule has 2 saturated heterocycles. The Hall–Kier alpha value is -6.94. The fourth-order valence-corrected chi connectivity index (χ4v) is 8.33. The van der Waals surface area contributed by atoms with E-state index in [2.05, 4.69) is 76.8 Å². The lowest BCUT2D eigenvalue weighted by atomic mass is 9.93. The van der Waals surface area contributed by atoms with Crippen LogP contribution in [0.4, 0.5) is 5.69 Å². The number of anilines is 1. The van der Waals surface area contributed by atoms with Gasteiger partial charge in [0.05, 0.1) is 11.3 Å². The summed E-state index contributed by atoms with van der Waals surface area (Å²) in [5.41, 5.74) is 14.3. The third kappa shape index (κ3) is 7.27. The van der Waals surface area contributed by atoms with Gasteiger partial charge in [0.1, 0.15) is 18.4 Å². The van der Waals surface area contributed by atoms with E-state index < -0.39 is 17.9 Å². The first-order valence-corrected chi connectivity index (χ1v) is 19.7. The summed E-state index contributed by atoms with van der Waals surface area (Å²) in [5, 5.41) is 14.9. The molecular formula is C43H42N10O6. The molecule has 6 heterocycles. The van der Waals surface area contributed by atoms with Gasteiger partial charge in [-0.15, -0.1) is 0 Å². The minimum Gasteiger partial charge on any atom is -0.491 e. The zero-order valence-corrected chi connectivity index (χ0v) is 32.6. The predicted molar refractivity (Wildman–Crippen MR) is 216 cm³/mol. The molecule has 0 radical (unpaired) electrons. The van der Waals surface area contributed by atoms with Crippen molar-refractivity contribution in [3.05, 3.63) is 107 Å². The van der Waals surface area contributed by atoms with Crippen LogP contribution in [0, 0.1) is 6.92 Å². The molecule has 59 heavy (non-hydrogen) atoms. The van der Waals surface area contributed by atoms with E-state index in [0.717, 1.165) is 82.9 Å². The second-order valence-corrected chi connectivity index (χ2v) is 15.2. The number of aromatic nitrogens is 5. The van der Waals surface area contributed by atoms with Crippen LogP contribution in [0.5, 0.6) is 5.75 Å². The number of carbonyl (C=O) groups excluding carboxylic acids is 4. The number of nitrogens with zero attached hydrogens (tertiary/aromatic N) is 7. The van der Waals surface area contributed by atoms with Crippen molar-refractivity contribution in [1.29, 1.82) is 0 Å². The molecule has 3 aromatic carbocycles. The quantitative estimate of drug-likeness (QED) is 0.158. The van der Waals surface area contributed by atoms with Gasteiger partial charge in [0, 0.05) is 80.0 Å². The summed E-state index contributed by atoms with van der Waals surface area (Å²) in [5.74, 6) is -1.22. The second-order valence-electron chi connectivity index (χ2n) is 15.2. The average Bonchev–Trinajstić information content (AvgIpc) is 3.99. The Morgan fingerprint density at radius 1 is 1.00 bits per heavy atom. The van der Waals surface area contributed by atoms with Gasteiger partial charge in [-0.2, -0.15) is 10.1 Å². The lowest BCUT2D eigenvalue weighted by molar-refractivity contribution is -0.136. The molecule has 3 aliphatic rings. The number of piperidine rings is 1. The van der Waals surface area contributed by atoms with Crippen molar-refractivity contribution < 1.29 is 28.4 Å². The molecule has 2 fully saturated rings. The normalized spacial score (nSPS) is 17.7. The topological polar surface area (TPSA) is 206 Å². The third-order valence-electron chi connectivity index (χ3n) is 11.6. The number of carbonyl (C=O) groups is 4. The second kappa shape index (κ2) is 15.4. The average molecular weight is 795 g/mol. The summed E-state index contributed by atoms with van der Waals surface area (Å²) in [6, 6.07) is 21.7. The highest BCUT2D eigenvalue weighted by Gasteiger charge is 2.40. The van der Waals surface area contributed by atoms with Crippen molar-refractivity contribution in [3.8, 4) is 28.1 Å². The van der Waals surface area contributed by atoms with E-state index in [9.17, 15) is 19.2 Å². The molecule has 16 nitrogen and oxygen atoms in total. The Bertz CT molecular complexity index is 2610. The first-order chi connectivity index (χ1) is 28.6. The van der Waals surface area contributed by atoms with Gasteiger partial charge in [0.2, 0.25) is 11.8 Å². The molecule has 4 N–H and O–H groups in total. The number of piperazine rings is 1. The van der Waals surface area contributed by atoms with Gasteiger partial charge in [-0.3, -0.25) is 34.5 Å². The number of ether oxygens (including phenoxy) is 1. The van der Waals surface area contributed by atoms with Crippen LogP contribution in [0.1, 0.15) is 69.2 Å². The van der Waals surface area contributed by atoms with E-state index in [1.807, 2.05) is 44.3 Å². The molecule has 16 heteroatoms. The largest absolute Gasteiger partial charge is 0.491 e. The fraction of sp³-hybridized carbons (Fsp3) is 0.302. The van der Waals surface area contributed by atoms with Crippen molar-refractivity contribution >= 4 is 40.3 Å². The first-order valence-electron chi connectivity index (χ1n) is 19.7. The number of aryl methyl sites for hydroxylation is 1. The summed E-state index contributed by atoms with van der Waals surface area (Å²) >= 11 is 0. The molecule has 4 amide bonds. The number of pyridine rings is 1. The molecule has 0 aliphatic carbocycles. The summed E-state index contributed by atoms with van der Waals surface area (Å²) in [4.78, 5) is 64.1. The number of fused-ring (bicyclic) bond motifs is 2. The molecule has 0 bridgehead atoms. The third-order valence-corrected chi connectivity index (χ3v) is 11.6. The molecular weight excluding hydrogens is 753 g/mol. The number of hydrogen-bond acceptors (Lipinski definition) is 12. The van der Waals surface area contributed by atoms with E-state index in [4.69, 9.17) is 15.0 Å². The monoisotopic (exact) mass is 794 g/mol. The first kappa shape index (κ1) is 37.6. The highest BCUT2D eigenvalue weighted by molar-refractivity contribution is 6.06. The highest BCUT2D eigenvalue weighted by atomic mass is 16.5. The number of amides is 4. The maximum Gasteiger partial charge on any atom is 0.315 e. The predicted octanol–water partition coefficient (Wildman–Crippen LogP) is 4.20. The zero-order valence-electron chi connectivity index (χ0n) is 32.6. The van der Waals surface area contributed by atoms with Crippen molar-refractivity contribution in [1.82, 2.24) is 40.4 Å². The van der Waals surface area contributed by atoms with Crippen molar-refractivity contribution in [2.75, 3.05) is 44.2 Å². The number of nitrogens with one attached hydrogen (secondary N) is 2. The zero-order chi connectivity index (χ0) is 40.8. The molecule has 0 unspecified atom stereocenters. The van der Waals surface area contributed by atoms with Crippen LogP contribution >= 0.6 is 0 Å². The molecule has 2 atom stereocenters. The number of benzene rings is 3. The number of nitrogens with two attached hydrogens (primary N) is 1. The molecule has 300 valence electrons. The molecule has 9 rings (SSSR count). The van der Waals surface area contributed by atoms with Gasteiger partial charge in [0.25, 0.3) is 5.91 Å². The highest BCUT2D eigenvalue weighted by Crippen LogP contribution is 2.35. The van der Waals surface area contributed by atoms with Crippen LogP contribution < -0.4 is 20.7 Å². The fourth-order valence-electron chi connectivity index (χ4n) is 8.33. The van der Waals surface area contributed by atoms with Crippen molar-refractivity contribution in [3.63, 3.8) is 0 Å². The number of rotatable bonds is 11. The lowest BCUT2D eigenvalue weighted by Crippen LogP contribution is -2.52. The van der Waals surface area contributed by atoms with Crippen LogP contribution in [0.3, 0.4) is 0 Å². The molecule has 0 spiro atoms. The number of aromatic amines is 1. The molecule has 3 aromatic heterocycles. The molecule has 6 aromatic rings. The van der Waals surface area contributed by atoms with Crippen LogP contribution in [0.25, 0.3) is 33.4 Å². The SMILES string of the molecule is Cc1cc(-c2[nH]nc3ncc(-c4ccc(N5CCN(CCOc6cccc7c6C(=O)N([C@@H]6CCC(=O)NC6=O)C7)CC5)cc4)cc23)ccc1[C@@H](C)c1noc(C(N)=O)n1. The maximum absolute atomic E-state index is 13.4. The Kier molecular flexibility index (Phi) is 9.84. The number of primary amides is 1. The standard InChI is InChI=1S/C43H42N10O6/c1-24-20-27(8-11-31(24)25(2)39-47-42(38(44)55)59-50-39)37-32-21-29(22-45-40(32)49-48-37)26-6-9-30(10-7-26)52-16-14-51(15-17-52)18-19-58-34-5-3-4-28-23-53(43(57)36(28)34)33-12-13-35(54)46-41(33)56/h3-11,20-22,25,33H,12-19,23H2,1-2H3,(H2,44,55)(H,45,48,49)(H,46,54,56)/t25-,33-/m1/s1. The maximum atomic E-state index is 13.4. The Morgan fingerprint density at radius 3 is 2.54 bits per heavy atom. The van der Waals surface area contributed by atoms with Crippen molar-refractivity contribution in [2.45, 2.75) is 45.2 Å². The van der Waals surface area contributed by atoms with Crippen LogP contribution in [-0.4, -0.2) is 104 Å². The summed E-state index contributed by atoms with van der Waals surface area (Å²) < 4.78 is 11.2. The number of imide groups is 1. The van der Waals surface area contributed by atoms with E-state index in [-0.39, 0.29) is 30.0 Å². The van der Waals surface area contributed by atoms with Crippen LogP contribution in [0.15, 0.2) is 77.4 Å². The summed E-state index contributed by atoms with van der Waals surface area (Å²) in [7, 11) is 0.